The molecule has 2 aromatic heterocycles. The van der Waals surface area contributed by atoms with Crippen LogP contribution in [0.25, 0.3) is 5.95 Å². The highest BCUT2D eigenvalue weighted by Gasteiger charge is 2.34. The number of halogens is 1. The maximum absolute atomic E-state index is 13.4. The summed E-state index contributed by atoms with van der Waals surface area (Å²) in [5.74, 6) is 2.25. The van der Waals surface area contributed by atoms with Crippen LogP contribution >= 0.6 is 11.6 Å². The lowest BCUT2D eigenvalue weighted by Crippen LogP contribution is -2.60. The lowest BCUT2D eigenvalue weighted by atomic mass is 9.95. The third-order valence-corrected chi connectivity index (χ3v) is 7.95. The molecule has 0 bridgehead atoms. The number of aromatic nitrogens is 4. The van der Waals surface area contributed by atoms with E-state index in [9.17, 15) is 9.59 Å². The summed E-state index contributed by atoms with van der Waals surface area (Å²) in [5, 5.41) is 6.52. The van der Waals surface area contributed by atoms with E-state index in [1.807, 2.05) is 23.1 Å². The van der Waals surface area contributed by atoms with Crippen LogP contribution in [0.2, 0.25) is 5.15 Å². The maximum Gasteiger partial charge on any atom is 0.318 e. The van der Waals surface area contributed by atoms with Crippen molar-refractivity contribution in [2.24, 2.45) is 0 Å². The molecule has 3 aromatic rings. The molecule has 4 heterocycles. The summed E-state index contributed by atoms with van der Waals surface area (Å²) in [6.45, 7) is 1.95. The summed E-state index contributed by atoms with van der Waals surface area (Å²) in [6, 6.07) is 7.00. The molecule has 0 spiro atoms. The predicted octanol–water partition coefficient (Wildman–Crippen LogP) is 3.28. The fourth-order valence-corrected chi connectivity index (χ4v) is 5.77. The molecule has 3 amide bonds. The summed E-state index contributed by atoms with van der Waals surface area (Å²) in [6.07, 6.45) is 10.6. The highest BCUT2D eigenvalue weighted by Crippen LogP contribution is 2.32. The van der Waals surface area contributed by atoms with Gasteiger partial charge < -0.3 is 29.9 Å². The number of rotatable bonds is 7. The number of anilines is 1. The Bertz CT molecular complexity index is 1380. The lowest BCUT2D eigenvalue weighted by molar-refractivity contribution is -0.122. The summed E-state index contributed by atoms with van der Waals surface area (Å²) in [7, 11) is 0. The first-order valence-corrected chi connectivity index (χ1v) is 14.4. The topological polar surface area (TPSA) is 127 Å². The third-order valence-electron chi connectivity index (χ3n) is 7.75. The number of piperazine rings is 1. The molecule has 1 aliphatic carbocycles. The average Bonchev–Trinajstić information content (AvgIpc) is 3.69. The van der Waals surface area contributed by atoms with Crippen molar-refractivity contribution >= 4 is 29.4 Å². The Morgan fingerprint density at radius 3 is 2.73 bits per heavy atom. The number of carbonyl (C=O) groups is 2. The van der Waals surface area contributed by atoms with E-state index in [2.05, 4.69) is 20.6 Å². The Hall–Kier alpha value is -4.06. The minimum absolute atomic E-state index is 0.120. The van der Waals surface area contributed by atoms with Crippen LogP contribution in [0, 0.1) is 0 Å². The van der Waals surface area contributed by atoms with Crippen LogP contribution in [-0.2, 0) is 11.3 Å². The molecule has 1 saturated heterocycles. The van der Waals surface area contributed by atoms with Gasteiger partial charge in [0.15, 0.2) is 11.5 Å². The summed E-state index contributed by atoms with van der Waals surface area (Å²) in [4.78, 5) is 43.5. The molecule has 2 aliphatic heterocycles. The van der Waals surface area contributed by atoms with Gasteiger partial charge in [-0.15, -0.1) is 0 Å². The quantitative estimate of drug-likeness (QED) is 0.408. The second-order valence-corrected chi connectivity index (χ2v) is 11.0. The summed E-state index contributed by atoms with van der Waals surface area (Å²) in [5.41, 5.74) is 0.905. The number of nitrogens with zero attached hydrogens (tertiary/aromatic N) is 6. The monoisotopic (exact) mass is 580 g/mol. The minimum atomic E-state index is -0.366. The fourth-order valence-electron chi connectivity index (χ4n) is 5.60. The average molecular weight is 581 g/mol. The zero-order valence-corrected chi connectivity index (χ0v) is 23.4. The van der Waals surface area contributed by atoms with Crippen LogP contribution in [0.5, 0.6) is 11.5 Å². The van der Waals surface area contributed by atoms with Gasteiger partial charge in [0.2, 0.25) is 18.6 Å². The van der Waals surface area contributed by atoms with E-state index < -0.39 is 0 Å². The van der Waals surface area contributed by atoms with Crippen molar-refractivity contribution < 1.29 is 19.1 Å². The number of urea groups is 1. The lowest BCUT2D eigenvalue weighted by Gasteiger charge is -2.42. The first-order valence-electron chi connectivity index (χ1n) is 14.0. The van der Waals surface area contributed by atoms with Gasteiger partial charge >= 0.3 is 6.03 Å². The van der Waals surface area contributed by atoms with E-state index in [4.69, 9.17) is 26.1 Å². The van der Waals surface area contributed by atoms with Gasteiger partial charge in [0.1, 0.15) is 17.3 Å². The second kappa shape index (κ2) is 12.2. The molecule has 2 fully saturated rings. The second-order valence-electron chi connectivity index (χ2n) is 10.6. The Morgan fingerprint density at radius 2 is 1.90 bits per heavy atom. The van der Waals surface area contributed by atoms with Crippen molar-refractivity contribution in [2.75, 3.05) is 31.3 Å². The van der Waals surface area contributed by atoms with Crippen molar-refractivity contribution in [3.05, 3.63) is 53.7 Å². The van der Waals surface area contributed by atoms with Gasteiger partial charge in [-0.1, -0.05) is 36.9 Å². The minimum Gasteiger partial charge on any atom is -0.454 e. The van der Waals surface area contributed by atoms with Crippen LogP contribution in [-0.4, -0.2) is 74.9 Å². The molecule has 1 unspecified atom stereocenters. The number of hydrogen-bond donors (Lipinski definition) is 2. The number of nitrogens with one attached hydrogen (secondary N) is 2. The van der Waals surface area contributed by atoms with Gasteiger partial charge in [0.25, 0.3) is 0 Å². The number of carbonyl (C=O) groups excluding carboxylic acids is 2. The summed E-state index contributed by atoms with van der Waals surface area (Å²) < 4.78 is 12.5. The molecule has 0 radical (unpaired) electrons. The number of benzene rings is 1. The fraction of sp³-hybridized carbons (Fsp3) is 0.464. The van der Waals surface area contributed by atoms with E-state index in [0.717, 1.165) is 31.2 Å². The molecule has 3 aliphatic rings. The Balaban J connectivity index is 1.16. The summed E-state index contributed by atoms with van der Waals surface area (Å²) >= 11 is 6.36. The first-order chi connectivity index (χ1) is 20.0. The van der Waals surface area contributed by atoms with Gasteiger partial charge in [-0.25, -0.2) is 14.8 Å². The van der Waals surface area contributed by atoms with Crippen LogP contribution in [0.3, 0.4) is 0 Å². The van der Waals surface area contributed by atoms with Gasteiger partial charge in [-0.05, 0) is 30.5 Å². The van der Waals surface area contributed by atoms with Crippen LogP contribution in [0.1, 0.15) is 44.1 Å². The van der Waals surface area contributed by atoms with E-state index in [-0.39, 0.29) is 37.2 Å². The molecule has 1 saturated carbocycles. The molecule has 1 atom stereocenters. The predicted molar refractivity (Wildman–Crippen MR) is 151 cm³/mol. The van der Waals surface area contributed by atoms with Crippen molar-refractivity contribution in [1.82, 2.24) is 35.1 Å². The molecule has 6 rings (SSSR count). The van der Waals surface area contributed by atoms with E-state index in [0.29, 0.717) is 54.6 Å². The SMILES string of the molecule is O=C(CC1CN(c2cc(Cl)nc(-n3ccnc3)n2)CCN1C(=O)NC1CCCCC1)NCc1ccc2c(c1)OCO2. The molecule has 13 heteroatoms. The Labute approximate surface area is 243 Å². The van der Waals surface area contributed by atoms with Crippen LogP contribution in [0.4, 0.5) is 10.6 Å². The van der Waals surface area contributed by atoms with Crippen molar-refractivity contribution in [3.63, 3.8) is 0 Å². The number of hydrogen-bond acceptors (Lipinski definition) is 8. The highest BCUT2D eigenvalue weighted by molar-refractivity contribution is 6.29. The van der Waals surface area contributed by atoms with E-state index >= 15 is 0 Å². The first kappa shape index (κ1) is 27.1. The standard InChI is InChI=1S/C28H33ClN8O4/c29-24-14-25(34-27(33-24)36-9-8-30-17-36)35-10-11-37(28(39)32-20-4-2-1-3-5-20)21(16-35)13-26(38)31-15-19-6-7-22-23(12-19)41-18-40-22/h6-9,12,14,17,20-21H,1-5,10-11,13,15-16,18H2,(H,31,38)(H,32,39). The zero-order chi connectivity index (χ0) is 28.2. The molecule has 2 N–H and O–H groups in total. The van der Waals surface area contributed by atoms with Gasteiger partial charge in [-0.2, -0.15) is 4.98 Å². The van der Waals surface area contributed by atoms with Crippen LogP contribution in [0.15, 0.2) is 43.0 Å². The van der Waals surface area contributed by atoms with Gasteiger partial charge in [0, 0.05) is 57.1 Å². The molecule has 216 valence electrons. The maximum atomic E-state index is 13.4. The normalized spacial score (nSPS) is 18.8. The zero-order valence-electron chi connectivity index (χ0n) is 22.7. The van der Waals surface area contributed by atoms with Crippen molar-refractivity contribution in [2.45, 2.75) is 57.2 Å². The molecule has 12 nitrogen and oxygen atoms in total. The smallest absolute Gasteiger partial charge is 0.318 e. The Morgan fingerprint density at radius 1 is 1.05 bits per heavy atom. The Kier molecular flexibility index (Phi) is 8.08. The van der Waals surface area contributed by atoms with Gasteiger partial charge in [0.05, 0.1) is 6.04 Å². The van der Waals surface area contributed by atoms with E-state index in [1.54, 1.807) is 34.3 Å². The number of ether oxygens (including phenoxy) is 2. The molecular weight excluding hydrogens is 548 g/mol. The third kappa shape index (κ3) is 6.48. The number of amides is 3. The van der Waals surface area contributed by atoms with E-state index in [1.165, 1.54) is 6.42 Å². The van der Waals surface area contributed by atoms with Crippen molar-refractivity contribution in [3.8, 4) is 17.4 Å². The van der Waals surface area contributed by atoms with Crippen LogP contribution < -0.4 is 25.0 Å². The largest absolute Gasteiger partial charge is 0.454 e. The van der Waals surface area contributed by atoms with Crippen molar-refractivity contribution in [1.29, 1.82) is 0 Å². The van der Waals surface area contributed by atoms with Gasteiger partial charge in [-0.3, -0.25) is 9.36 Å². The molecular formula is C28H33ClN8O4. The molecule has 1 aromatic carbocycles. The number of imidazole rings is 1. The highest BCUT2D eigenvalue weighted by atomic mass is 35.5. The number of fused-ring (bicyclic) bond motifs is 1. The molecule has 41 heavy (non-hydrogen) atoms.